The topological polar surface area (TPSA) is 123 Å². The Morgan fingerprint density at radius 2 is 1.80 bits per heavy atom. The minimum absolute atomic E-state index is 0.170. The van der Waals surface area contributed by atoms with Gasteiger partial charge in [0.15, 0.2) is 0 Å². The Hall–Kier alpha value is -4.22. The lowest BCUT2D eigenvalue weighted by Crippen LogP contribution is -2.44. The van der Waals surface area contributed by atoms with Crippen LogP contribution in [0.1, 0.15) is 40.1 Å². The second kappa shape index (κ2) is 15.0. The van der Waals surface area contributed by atoms with Crippen LogP contribution in [0.2, 0.25) is 0 Å². The first-order valence-corrected chi connectivity index (χ1v) is 14.9. The van der Waals surface area contributed by atoms with Crippen molar-refractivity contribution in [3.05, 3.63) is 87.4 Å². The molecule has 0 radical (unpaired) electrons. The minimum Gasteiger partial charge on any atom is -0.469 e. The second-order valence-electron chi connectivity index (χ2n) is 9.17. The number of rotatable bonds is 13. The third-order valence-electron chi connectivity index (χ3n) is 6.26. The van der Waals surface area contributed by atoms with Gasteiger partial charge in [0.05, 0.1) is 12.0 Å². The lowest BCUT2D eigenvalue weighted by atomic mass is 10.1. The van der Waals surface area contributed by atoms with Crippen molar-refractivity contribution < 1.29 is 28.7 Å². The predicted octanol–water partition coefficient (Wildman–Crippen LogP) is 5.51. The molecular formula is C30H31N3O6S2. The van der Waals surface area contributed by atoms with E-state index in [0.717, 1.165) is 21.2 Å². The molecule has 0 bridgehead atoms. The van der Waals surface area contributed by atoms with E-state index in [0.29, 0.717) is 23.4 Å². The van der Waals surface area contributed by atoms with Gasteiger partial charge in [0, 0.05) is 28.9 Å². The summed E-state index contributed by atoms with van der Waals surface area (Å²) in [6, 6.07) is 17.7. The number of para-hydroxylation sites is 1. The van der Waals surface area contributed by atoms with Gasteiger partial charge in [-0.05, 0) is 65.2 Å². The average Bonchev–Trinajstić information content (AvgIpc) is 3.67. The molecule has 214 valence electrons. The number of carbonyl (C=O) groups is 4. The van der Waals surface area contributed by atoms with Gasteiger partial charge in [-0.2, -0.15) is 11.3 Å². The molecule has 9 nitrogen and oxygen atoms in total. The highest BCUT2D eigenvalue weighted by Gasteiger charge is 2.23. The molecule has 11 heteroatoms. The van der Waals surface area contributed by atoms with Crippen molar-refractivity contribution in [1.29, 1.82) is 0 Å². The van der Waals surface area contributed by atoms with Crippen LogP contribution in [0, 0.1) is 0 Å². The Bertz CT molecular complexity index is 1450. The van der Waals surface area contributed by atoms with Gasteiger partial charge < -0.3 is 25.4 Å². The summed E-state index contributed by atoms with van der Waals surface area (Å²) in [6.45, 7) is 0.446. The molecule has 2 aromatic carbocycles. The summed E-state index contributed by atoms with van der Waals surface area (Å²) in [7, 11) is 1.33. The summed E-state index contributed by atoms with van der Waals surface area (Å²) in [5, 5.41) is 13.2. The number of aryl methyl sites for hydroxylation is 1. The van der Waals surface area contributed by atoms with E-state index in [4.69, 9.17) is 9.47 Å². The summed E-state index contributed by atoms with van der Waals surface area (Å²) in [4.78, 5) is 50.8. The summed E-state index contributed by atoms with van der Waals surface area (Å²) in [5.74, 6) is -1.10. The fourth-order valence-electron chi connectivity index (χ4n) is 4.08. The van der Waals surface area contributed by atoms with Crippen molar-refractivity contribution in [2.45, 2.75) is 38.3 Å². The quantitative estimate of drug-likeness (QED) is 0.139. The predicted molar refractivity (Wildman–Crippen MR) is 160 cm³/mol. The minimum atomic E-state index is -0.870. The largest absolute Gasteiger partial charge is 0.469 e. The van der Waals surface area contributed by atoms with Crippen LogP contribution in [0.5, 0.6) is 0 Å². The molecule has 2 aromatic heterocycles. The number of methoxy groups -OCH3 is 1. The number of nitrogens with one attached hydrogen (secondary N) is 3. The maximum absolute atomic E-state index is 13.4. The second-order valence-corrected chi connectivity index (χ2v) is 11.0. The van der Waals surface area contributed by atoms with Gasteiger partial charge in [0.25, 0.3) is 5.91 Å². The Morgan fingerprint density at radius 1 is 1.00 bits per heavy atom. The van der Waals surface area contributed by atoms with E-state index in [1.54, 1.807) is 18.2 Å². The number of carbonyl (C=O) groups excluding carboxylic acids is 4. The molecule has 41 heavy (non-hydrogen) atoms. The fraction of sp³-hybridized carbons (Fsp3) is 0.267. The maximum atomic E-state index is 13.4. The molecule has 0 spiro atoms. The molecule has 2 heterocycles. The number of benzene rings is 2. The smallest absolute Gasteiger partial charge is 0.407 e. The highest BCUT2D eigenvalue weighted by molar-refractivity contribution is 7.20. The van der Waals surface area contributed by atoms with Crippen molar-refractivity contribution in [2.24, 2.45) is 0 Å². The monoisotopic (exact) mass is 593 g/mol. The summed E-state index contributed by atoms with van der Waals surface area (Å²) >= 11 is 2.88. The summed E-state index contributed by atoms with van der Waals surface area (Å²) < 4.78 is 10.9. The Balaban J connectivity index is 1.39. The first-order chi connectivity index (χ1) is 19.9. The first-order valence-electron chi connectivity index (χ1n) is 13.1. The van der Waals surface area contributed by atoms with Crippen molar-refractivity contribution in [3.63, 3.8) is 0 Å². The SMILES string of the molecule is COC(=O)CCc1ccccc1NC(=O)[C@H](CCCNC(=O)OCc1ccsc1)NC(=O)c1cc2ccccc2s1. The Labute approximate surface area is 245 Å². The van der Waals surface area contributed by atoms with E-state index in [2.05, 4.69) is 16.0 Å². The van der Waals surface area contributed by atoms with Crippen LogP contribution >= 0.6 is 22.7 Å². The zero-order valence-electron chi connectivity index (χ0n) is 22.5. The van der Waals surface area contributed by atoms with Gasteiger partial charge in [-0.3, -0.25) is 14.4 Å². The lowest BCUT2D eigenvalue weighted by Gasteiger charge is -2.19. The van der Waals surface area contributed by atoms with Crippen molar-refractivity contribution in [3.8, 4) is 0 Å². The Kier molecular flexibility index (Phi) is 10.9. The zero-order chi connectivity index (χ0) is 29.0. The van der Waals surface area contributed by atoms with Crippen molar-refractivity contribution in [1.82, 2.24) is 10.6 Å². The van der Waals surface area contributed by atoms with Crippen molar-refractivity contribution in [2.75, 3.05) is 19.0 Å². The van der Waals surface area contributed by atoms with E-state index in [-0.39, 0.29) is 37.9 Å². The van der Waals surface area contributed by atoms with Crippen LogP contribution in [-0.4, -0.2) is 43.6 Å². The van der Waals surface area contributed by atoms with Gasteiger partial charge in [0.2, 0.25) is 5.91 Å². The highest BCUT2D eigenvalue weighted by Crippen LogP contribution is 2.25. The van der Waals surface area contributed by atoms with Gasteiger partial charge in [-0.1, -0.05) is 36.4 Å². The van der Waals surface area contributed by atoms with E-state index in [1.165, 1.54) is 29.8 Å². The van der Waals surface area contributed by atoms with Gasteiger partial charge in [-0.15, -0.1) is 11.3 Å². The highest BCUT2D eigenvalue weighted by atomic mass is 32.1. The molecule has 4 rings (SSSR count). The maximum Gasteiger partial charge on any atom is 0.407 e. The number of thiophene rings is 2. The molecule has 4 aromatic rings. The van der Waals surface area contributed by atoms with Crippen LogP contribution in [0.25, 0.3) is 10.1 Å². The molecule has 0 aliphatic carbocycles. The third-order valence-corrected chi connectivity index (χ3v) is 8.11. The molecule has 0 aliphatic rings. The molecule has 1 atom stereocenters. The van der Waals surface area contributed by atoms with Gasteiger partial charge in [0.1, 0.15) is 12.6 Å². The molecule has 0 aliphatic heterocycles. The van der Waals surface area contributed by atoms with Gasteiger partial charge >= 0.3 is 12.1 Å². The number of anilines is 1. The molecule has 0 saturated carbocycles. The van der Waals surface area contributed by atoms with Crippen LogP contribution in [0.15, 0.2) is 71.4 Å². The first kappa shape index (κ1) is 29.8. The van der Waals surface area contributed by atoms with Crippen LogP contribution in [0.3, 0.4) is 0 Å². The summed E-state index contributed by atoms with van der Waals surface area (Å²) in [6.07, 6.45) is 0.703. The number of esters is 1. The fourth-order valence-corrected chi connectivity index (χ4v) is 5.70. The van der Waals surface area contributed by atoms with Crippen LogP contribution in [-0.2, 0) is 32.1 Å². The third kappa shape index (κ3) is 8.89. The molecule has 0 saturated heterocycles. The van der Waals surface area contributed by atoms with E-state index in [1.807, 2.05) is 53.2 Å². The van der Waals surface area contributed by atoms with E-state index >= 15 is 0 Å². The molecular weight excluding hydrogens is 562 g/mol. The molecule has 3 N–H and O–H groups in total. The molecule has 3 amide bonds. The average molecular weight is 594 g/mol. The zero-order valence-corrected chi connectivity index (χ0v) is 24.1. The molecule has 0 unspecified atom stereocenters. The van der Waals surface area contributed by atoms with Crippen molar-refractivity contribution >= 4 is 62.3 Å². The molecule has 0 fully saturated rings. The number of hydrogen-bond donors (Lipinski definition) is 3. The Morgan fingerprint density at radius 3 is 2.59 bits per heavy atom. The number of fused-ring (bicyclic) bond motifs is 1. The van der Waals surface area contributed by atoms with Crippen LogP contribution < -0.4 is 16.0 Å². The number of amides is 3. The number of ether oxygens (including phenoxy) is 2. The normalized spacial score (nSPS) is 11.4. The van der Waals surface area contributed by atoms with E-state index < -0.39 is 18.0 Å². The number of alkyl carbamates (subject to hydrolysis) is 1. The van der Waals surface area contributed by atoms with Gasteiger partial charge in [-0.25, -0.2) is 4.79 Å². The summed E-state index contributed by atoms with van der Waals surface area (Å²) in [5.41, 5.74) is 2.24. The van der Waals surface area contributed by atoms with E-state index in [9.17, 15) is 19.2 Å². The van der Waals surface area contributed by atoms with Crippen LogP contribution in [0.4, 0.5) is 10.5 Å². The lowest BCUT2D eigenvalue weighted by molar-refractivity contribution is -0.140. The number of hydrogen-bond acceptors (Lipinski definition) is 8. The standard InChI is InChI=1S/C30H31N3O6S2/c1-38-27(34)13-12-21-7-2-4-9-23(21)32-28(35)24(10-6-15-31-30(37)39-18-20-14-16-40-19-20)33-29(36)26-17-22-8-3-5-11-25(22)41-26/h2-5,7-9,11,14,16-17,19,24H,6,10,12-13,15,18H2,1H3,(H,31,37)(H,32,35)(H,33,36)/t24-/m0/s1.